The Balaban J connectivity index is 2.14. The number of nitrogens with zero attached hydrogens (tertiary/aromatic N) is 2. The van der Waals surface area contributed by atoms with E-state index in [4.69, 9.17) is 10.5 Å². The van der Waals surface area contributed by atoms with E-state index in [1.165, 1.54) is 6.92 Å². The molecule has 1 atom stereocenters. The Morgan fingerprint density at radius 2 is 1.90 bits per heavy atom. The fourth-order valence-corrected chi connectivity index (χ4v) is 1.67. The highest BCUT2D eigenvalue weighted by atomic mass is 16.5. The first-order valence-corrected chi connectivity index (χ1v) is 6.10. The Morgan fingerprint density at radius 3 is 2.40 bits per heavy atom. The number of nitrogens with two attached hydrogens (primary N) is 1. The van der Waals surface area contributed by atoms with Gasteiger partial charge in [0, 0.05) is 11.9 Å². The van der Waals surface area contributed by atoms with Crippen LogP contribution in [0.25, 0.3) is 5.69 Å². The fraction of sp³-hybridized carbons (Fsp3) is 0.214. The summed E-state index contributed by atoms with van der Waals surface area (Å²) in [6, 6.07) is 8.63. The lowest BCUT2D eigenvalue weighted by molar-refractivity contribution is -0.125. The van der Waals surface area contributed by atoms with Crippen molar-refractivity contribution in [2.75, 3.05) is 0 Å². The summed E-state index contributed by atoms with van der Waals surface area (Å²) in [6.07, 6.45) is 0.752. The summed E-state index contributed by atoms with van der Waals surface area (Å²) in [6.45, 7) is 3.37. The van der Waals surface area contributed by atoms with Crippen molar-refractivity contribution in [2.45, 2.75) is 20.0 Å². The number of carbonyl (C=O) groups is 2. The van der Waals surface area contributed by atoms with Gasteiger partial charge in [0.2, 0.25) is 0 Å². The molecule has 104 valence electrons. The van der Waals surface area contributed by atoms with E-state index in [1.54, 1.807) is 35.1 Å². The predicted molar refractivity (Wildman–Crippen MR) is 72.4 cm³/mol. The van der Waals surface area contributed by atoms with E-state index >= 15 is 0 Å². The van der Waals surface area contributed by atoms with Gasteiger partial charge < -0.3 is 10.5 Å². The topological polar surface area (TPSA) is 87.2 Å². The molecule has 0 spiro atoms. The number of hydrogen-bond acceptors (Lipinski definition) is 4. The van der Waals surface area contributed by atoms with Crippen LogP contribution in [0.1, 0.15) is 23.0 Å². The monoisotopic (exact) mass is 273 g/mol. The van der Waals surface area contributed by atoms with Gasteiger partial charge in [-0.3, -0.25) is 4.79 Å². The molecule has 0 aliphatic carbocycles. The van der Waals surface area contributed by atoms with Gasteiger partial charge in [-0.05, 0) is 44.2 Å². The van der Waals surface area contributed by atoms with Crippen LogP contribution in [0.4, 0.5) is 0 Å². The molecule has 1 amide bonds. The number of hydrogen-bond donors (Lipinski definition) is 1. The molecule has 2 N–H and O–H groups in total. The van der Waals surface area contributed by atoms with E-state index in [1.807, 2.05) is 13.0 Å². The summed E-state index contributed by atoms with van der Waals surface area (Å²) in [4.78, 5) is 22.6. The number of benzene rings is 1. The average Bonchev–Trinajstić information content (AvgIpc) is 2.85. The van der Waals surface area contributed by atoms with Gasteiger partial charge in [-0.15, -0.1) is 0 Å². The third-order valence-corrected chi connectivity index (χ3v) is 2.86. The van der Waals surface area contributed by atoms with Crippen molar-refractivity contribution in [1.29, 1.82) is 0 Å². The van der Waals surface area contributed by atoms with Crippen LogP contribution < -0.4 is 5.73 Å². The van der Waals surface area contributed by atoms with E-state index in [0.29, 0.717) is 5.56 Å². The van der Waals surface area contributed by atoms with Crippen molar-refractivity contribution in [1.82, 2.24) is 9.78 Å². The number of aryl methyl sites for hydroxylation is 1. The first-order chi connectivity index (χ1) is 9.49. The Kier molecular flexibility index (Phi) is 3.84. The minimum absolute atomic E-state index is 0.353. The maximum absolute atomic E-state index is 11.8. The predicted octanol–water partition coefficient (Wildman–Crippen LogP) is 1.21. The van der Waals surface area contributed by atoms with Gasteiger partial charge in [0.15, 0.2) is 6.10 Å². The standard InChI is InChI=1S/C14H15N3O3/c1-9-7-8-16-17(9)12-5-3-11(4-6-12)14(19)20-10(2)13(15)18/h3-8,10H,1-2H3,(H2,15,18)/t10-/m1/s1. The first kappa shape index (κ1) is 13.8. The Hall–Kier alpha value is -2.63. The van der Waals surface area contributed by atoms with Crippen LogP contribution in [-0.2, 0) is 9.53 Å². The highest BCUT2D eigenvalue weighted by Gasteiger charge is 2.16. The minimum Gasteiger partial charge on any atom is -0.449 e. The van der Waals surface area contributed by atoms with Gasteiger partial charge in [0.25, 0.3) is 5.91 Å². The number of amides is 1. The van der Waals surface area contributed by atoms with Gasteiger partial charge in [-0.1, -0.05) is 0 Å². The number of carbonyl (C=O) groups excluding carboxylic acids is 2. The van der Waals surface area contributed by atoms with Gasteiger partial charge in [-0.2, -0.15) is 5.10 Å². The number of rotatable bonds is 4. The summed E-state index contributed by atoms with van der Waals surface area (Å²) in [5, 5.41) is 4.17. The largest absolute Gasteiger partial charge is 0.449 e. The zero-order valence-electron chi connectivity index (χ0n) is 11.2. The maximum Gasteiger partial charge on any atom is 0.338 e. The average molecular weight is 273 g/mol. The molecule has 0 bridgehead atoms. The summed E-state index contributed by atoms with van der Waals surface area (Å²) < 4.78 is 6.67. The lowest BCUT2D eigenvalue weighted by Crippen LogP contribution is -2.30. The molecule has 0 fully saturated rings. The van der Waals surface area contributed by atoms with E-state index in [2.05, 4.69) is 5.10 Å². The Labute approximate surface area is 116 Å². The second kappa shape index (κ2) is 5.56. The van der Waals surface area contributed by atoms with Crippen LogP contribution in [0, 0.1) is 6.92 Å². The molecular formula is C14H15N3O3. The van der Waals surface area contributed by atoms with E-state index in [-0.39, 0.29) is 0 Å². The summed E-state index contributed by atoms with van der Waals surface area (Å²) in [5.41, 5.74) is 7.22. The molecule has 1 aromatic carbocycles. The number of primary amides is 1. The molecule has 0 aliphatic heterocycles. The molecule has 1 heterocycles. The highest BCUT2D eigenvalue weighted by Crippen LogP contribution is 2.12. The lowest BCUT2D eigenvalue weighted by atomic mass is 10.2. The van der Waals surface area contributed by atoms with Crippen LogP contribution in [0.3, 0.4) is 0 Å². The molecule has 6 nitrogen and oxygen atoms in total. The van der Waals surface area contributed by atoms with Crippen LogP contribution in [0.5, 0.6) is 0 Å². The molecular weight excluding hydrogens is 258 g/mol. The molecule has 0 unspecified atom stereocenters. The quantitative estimate of drug-likeness (QED) is 0.848. The highest BCUT2D eigenvalue weighted by molar-refractivity contribution is 5.92. The van der Waals surface area contributed by atoms with Crippen molar-refractivity contribution < 1.29 is 14.3 Å². The third kappa shape index (κ3) is 2.85. The zero-order valence-corrected chi connectivity index (χ0v) is 11.2. The van der Waals surface area contributed by atoms with E-state index in [0.717, 1.165) is 11.4 Å². The van der Waals surface area contributed by atoms with Crippen molar-refractivity contribution >= 4 is 11.9 Å². The smallest absolute Gasteiger partial charge is 0.338 e. The van der Waals surface area contributed by atoms with Crippen molar-refractivity contribution in [3.05, 3.63) is 47.8 Å². The van der Waals surface area contributed by atoms with Gasteiger partial charge in [-0.25, -0.2) is 9.48 Å². The molecule has 20 heavy (non-hydrogen) atoms. The lowest BCUT2D eigenvalue weighted by Gasteiger charge is -2.10. The second-order valence-corrected chi connectivity index (χ2v) is 4.38. The van der Waals surface area contributed by atoms with Crippen molar-refractivity contribution in [3.8, 4) is 5.69 Å². The first-order valence-electron chi connectivity index (χ1n) is 6.10. The summed E-state index contributed by atoms with van der Waals surface area (Å²) in [5.74, 6) is -1.26. The Bertz CT molecular complexity index is 631. The van der Waals surface area contributed by atoms with Crippen LogP contribution in [0.15, 0.2) is 36.5 Å². The van der Waals surface area contributed by atoms with Gasteiger partial charge >= 0.3 is 5.97 Å². The van der Waals surface area contributed by atoms with Gasteiger partial charge in [0.05, 0.1) is 11.3 Å². The number of esters is 1. The van der Waals surface area contributed by atoms with E-state index < -0.39 is 18.0 Å². The minimum atomic E-state index is -0.949. The maximum atomic E-state index is 11.8. The summed E-state index contributed by atoms with van der Waals surface area (Å²) in [7, 11) is 0. The molecule has 0 saturated heterocycles. The third-order valence-electron chi connectivity index (χ3n) is 2.86. The fourth-order valence-electron chi connectivity index (χ4n) is 1.67. The molecule has 2 aromatic rings. The number of aromatic nitrogens is 2. The molecule has 2 rings (SSSR count). The van der Waals surface area contributed by atoms with Crippen LogP contribution >= 0.6 is 0 Å². The van der Waals surface area contributed by atoms with E-state index in [9.17, 15) is 9.59 Å². The van der Waals surface area contributed by atoms with Crippen LogP contribution in [-0.4, -0.2) is 27.8 Å². The molecule has 0 saturated carbocycles. The Morgan fingerprint density at radius 1 is 1.25 bits per heavy atom. The normalized spacial score (nSPS) is 11.9. The van der Waals surface area contributed by atoms with Crippen molar-refractivity contribution in [2.24, 2.45) is 5.73 Å². The zero-order chi connectivity index (χ0) is 14.7. The number of ether oxygens (including phenoxy) is 1. The second-order valence-electron chi connectivity index (χ2n) is 4.38. The molecule has 6 heteroatoms. The van der Waals surface area contributed by atoms with Crippen molar-refractivity contribution in [3.63, 3.8) is 0 Å². The van der Waals surface area contributed by atoms with Crippen LogP contribution in [0.2, 0.25) is 0 Å². The molecule has 0 radical (unpaired) electrons. The summed E-state index contributed by atoms with van der Waals surface area (Å²) >= 11 is 0. The SMILES string of the molecule is Cc1ccnn1-c1ccc(C(=O)O[C@H](C)C(N)=O)cc1. The molecule has 1 aromatic heterocycles. The van der Waals surface area contributed by atoms with Gasteiger partial charge in [0.1, 0.15) is 0 Å². The molecule has 0 aliphatic rings.